The second kappa shape index (κ2) is 3.14. The van der Waals surface area contributed by atoms with Crippen molar-refractivity contribution < 1.29 is 0 Å². The lowest BCUT2D eigenvalue weighted by molar-refractivity contribution is 1.39. The van der Waals surface area contributed by atoms with Crippen LogP contribution in [0.3, 0.4) is 0 Å². The highest BCUT2D eigenvalue weighted by atomic mass is 32.1. The van der Waals surface area contributed by atoms with E-state index in [0.29, 0.717) is 10.9 Å². The minimum atomic E-state index is 0.301. The van der Waals surface area contributed by atoms with E-state index in [1.54, 1.807) is 0 Å². The second-order valence-corrected chi connectivity index (χ2v) is 3.15. The maximum Gasteiger partial charge on any atom is 0.242 e. The van der Waals surface area contributed by atoms with E-state index < -0.39 is 0 Å². The molecule has 0 amide bonds. The van der Waals surface area contributed by atoms with Gasteiger partial charge in [-0.3, -0.25) is 0 Å². The van der Waals surface area contributed by atoms with Crippen LogP contribution < -0.4 is 0 Å². The van der Waals surface area contributed by atoms with Gasteiger partial charge in [0.1, 0.15) is 0 Å². The first-order chi connectivity index (χ1) is 6.25. The Hall–Kier alpha value is -1.42. The van der Waals surface area contributed by atoms with Crippen LogP contribution in [0.15, 0.2) is 39.5 Å². The molecule has 1 aliphatic rings. The van der Waals surface area contributed by atoms with Gasteiger partial charge in [-0.15, -0.1) is 10.2 Å². The summed E-state index contributed by atoms with van der Waals surface area (Å²) in [6, 6.07) is 7.94. The van der Waals surface area contributed by atoms with Crippen LogP contribution in [0.2, 0.25) is 0 Å². The van der Waals surface area contributed by atoms with Crippen LogP contribution in [0.4, 0.5) is 0 Å². The van der Waals surface area contributed by atoms with Crippen LogP contribution in [0.25, 0.3) is 0 Å². The standard InChI is InChI=1S/C9H7N3S/c1-6-2-4-7(5-3-6)8-10-9(13)12-11-8/h2-5H,1H3. The van der Waals surface area contributed by atoms with Gasteiger partial charge in [-0.05, 0) is 19.1 Å². The minimum absolute atomic E-state index is 0.301. The van der Waals surface area contributed by atoms with E-state index in [2.05, 4.69) is 15.2 Å². The molecule has 0 aromatic heterocycles. The van der Waals surface area contributed by atoms with Crippen molar-refractivity contribution >= 4 is 23.2 Å². The molecule has 4 heteroatoms. The lowest BCUT2D eigenvalue weighted by Crippen LogP contribution is -1.93. The van der Waals surface area contributed by atoms with Crippen LogP contribution in [0, 0.1) is 6.92 Å². The van der Waals surface area contributed by atoms with Gasteiger partial charge in [0.15, 0.2) is 5.84 Å². The molecule has 1 aromatic carbocycles. The van der Waals surface area contributed by atoms with E-state index in [1.165, 1.54) is 5.56 Å². The molecule has 1 heterocycles. The Morgan fingerprint density at radius 3 is 2.31 bits per heavy atom. The van der Waals surface area contributed by atoms with Crippen molar-refractivity contribution in [2.24, 2.45) is 15.2 Å². The minimum Gasteiger partial charge on any atom is -0.195 e. The first-order valence-corrected chi connectivity index (χ1v) is 4.28. The van der Waals surface area contributed by atoms with Crippen molar-refractivity contribution in [2.45, 2.75) is 6.92 Å². The molecule has 0 unspecified atom stereocenters. The van der Waals surface area contributed by atoms with Gasteiger partial charge in [-0.25, -0.2) is 0 Å². The van der Waals surface area contributed by atoms with Crippen molar-refractivity contribution in [1.29, 1.82) is 0 Å². The first-order valence-electron chi connectivity index (χ1n) is 3.87. The highest BCUT2D eigenvalue weighted by molar-refractivity contribution is 7.80. The molecule has 0 aliphatic carbocycles. The van der Waals surface area contributed by atoms with Crippen molar-refractivity contribution in [2.75, 3.05) is 0 Å². The molecule has 13 heavy (non-hydrogen) atoms. The van der Waals surface area contributed by atoms with Crippen LogP contribution in [-0.4, -0.2) is 10.9 Å². The lowest BCUT2D eigenvalue weighted by atomic mass is 10.1. The Labute approximate surface area is 81.2 Å². The van der Waals surface area contributed by atoms with Crippen molar-refractivity contribution in [3.05, 3.63) is 35.4 Å². The third kappa shape index (κ3) is 1.67. The van der Waals surface area contributed by atoms with Gasteiger partial charge in [0.05, 0.1) is 0 Å². The Balaban J connectivity index is 2.37. The molecular weight excluding hydrogens is 182 g/mol. The Morgan fingerprint density at radius 2 is 1.77 bits per heavy atom. The maximum atomic E-state index is 4.77. The van der Waals surface area contributed by atoms with E-state index in [4.69, 9.17) is 12.2 Å². The molecule has 1 aromatic rings. The van der Waals surface area contributed by atoms with Crippen molar-refractivity contribution in [3.8, 4) is 0 Å². The molecule has 2 rings (SSSR count). The summed E-state index contributed by atoms with van der Waals surface area (Å²) in [4.78, 5) is 4.00. The average Bonchev–Trinajstić information content (AvgIpc) is 2.53. The normalized spacial score (nSPS) is 14.8. The molecule has 0 saturated carbocycles. The summed E-state index contributed by atoms with van der Waals surface area (Å²) in [5, 5.41) is 7.82. The fourth-order valence-corrected chi connectivity index (χ4v) is 1.18. The summed E-state index contributed by atoms with van der Waals surface area (Å²) in [6.45, 7) is 2.03. The molecule has 0 bridgehead atoms. The summed E-state index contributed by atoms with van der Waals surface area (Å²) in [6.07, 6.45) is 0. The second-order valence-electron chi connectivity index (χ2n) is 2.78. The Kier molecular flexibility index (Phi) is 1.98. The van der Waals surface area contributed by atoms with E-state index in [0.717, 1.165) is 5.56 Å². The fraction of sp³-hybridized carbons (Fsp3) is 0.111. The van der Waals surface area contributed by atoms with Crippen molar-refractivity contribution in [1.82, 2.24) is 0 Å². The van der Waals surface area contributed by atoms with Gasteiger partial charge >= 0.3 is 0 Å². The largest absolute Gasteiger partial charge is 0.242 e. The topological polar surface area (TPSA) is 37.1 Å². The molecule has 3 nitrogen and oxygen atoms in total. The quantitative estimate of drug-likeness (QED) is 0.625. The zero-order chi connectivity index (χ0) is 9.26. The average molecular weight is 189 g/mol. The molecule has 1 aliphatic heterocycles. The fourth-order valence-electron chi connectivity index (χ4n) is 1.05. The van der Waals surface area contributed by atoms with E-state index in [-0.39, 0.29) is 0 Å². The predicted octanol–water partition coefficient (Wildman–Crippen LogP) is 2.49. The molecule has 0 radical (unpaired) electrons. The summed E-state index contributed by atoms with van der Waals surface area (Å²) in [7, 11) is 0. The van der Waals surface area contributed by atoms with E-state index in [1.807, 2.05) is 31.2 Å². The van der Waals surface area contributed by atoms with Crippen LogP contribution in [-0.2, 0) is 0 Å². The number of nitrogens with zero attached hydrogens (tertiary/aromatic N) is 3. The summed E-state index contributed by atoms with van der Waals surface area (Å²) in [5.74, 6) is 0.602. The van der Waals surface area contributed by atoms with Gasteiger partial charge in [0, 0.05) is 5.56 Å². The highest BCUT2D eigenvalue weighted by Gasteiger charge is 2.08. The predicted molar refractivity (Wildman–Crippen MR) is 55.2 cm³/mol. The smallest absolute Gasteiger partial charge is 0.195 e. The Morgan fingerprint density at radius 1 is 1.08 bits per heavy atom. The number of hydrogen-bond donors (Lipinski definition) is 0. The lowest BCUT2D eigenvalue weighted by Gasteiger charge is -1.95. The van der Waals surface area contributed by atoms with Gasteiger partial charge in [-0.1, -0.05) is 29.8 Å². The molecule has 0 fully saturated rings. The molecular formula is C9H7N3S. The maximum absolute atomic E-state index is 4.77. The third-order valence-electron chi connectivity index (χ3n) is 1.74. The van der Waals surface area contributed by atoms with Gasteiger partial charge < -0.3 is 0 Å². The number of amidine groups is 1. The summed E-state index contributed by atoms with van der Waals surface area (Å²) >= 11 is 4.77. The van der Waals surface area contributed by atoms with E-state index >= 15 is 0 Å². The van der Waals surface area contributed by atoms with Crippen LogP contribution in [0.5, 0.6) is 0 Å². The monoisotopic (exact) mass is 189 g/mol. The summed E-state index contributed by atoms with van der Waals surface area (Å²) in [5.41, 5.74) is 2.16. The first kappa shape index (κ1) is 8.19. The Bertz CT molecular complexity index is 403. The molecule has 0 atom stereocenters. The number of hydrogen-bond acceptors (Lipinski definition) is 2. The SMILES string of the molecule is Cc1ccc(C2=NC(=S)N=N2)cc1. The molecule has 0 N–H and O–H groups in total. The van der Waals surface area contributed by atoms with Gasteiger partial charge in [-0.2, -0.15) is 4.99 Å². The van der Waals surface area contributed by atoms with Crippen LogP contribution in [0.1, 0.15) is 11.1 Å². The number of rotatable bonds is 1. The number of aliphatic imine (C=N–C) groups is 1. The summed E-state index contributed by atoms with van der Waals surface area (Å²) < 4.78 is 0. The zero-order valence-electron chi connectivity index (χ0n) is 7.06. The number of benzene rings is 1. The molecule has 0 spiro atoms. The molecule has 0 saturated heterocycles. The number of aryl methyl sites for hydroxylation is 1. The van der Waals surface area contributed by atoms with Gasteiger partial charge in [0.25, 0.3) is 0 Å². The van der Waals surface area contributed by atoms with Gasteiger partial charge in [0.2, 0.25) is 5.11 Å². The number of thiocarbonyl (C=S) groups is 1. The van der Waals surface area contributed by atoms with Crippen molar-refractivity contribution in [3.63, 3.8) is 0 Å². The third-order valence-corrected chi connectivity index (χ3v) is 1.91. The van der Waals surface area contributed by atoms with Crippen LogP contribution >= 0.6 is 12.2 Å². The highest BCUT2D eigenvalue weighted by Crippen LogP contribution is 2.10. The molecule has 64 valence electrons. The van der Waals surface area contributed by atoms with E-state index in [9.17, 15) is 0 Å². The number of azo groups is 1. The zero-order valence-corrected chi connectivity index (χ0v) is 7.88.